The first kappa shape index (κ1) is 18.4. The van der Waals surface area contributed by atoms with Crippen molar-refractivity contribution in [3.05, 3.63) is 66.0 Å². The van der Waals surface area contributed by atoms with Crippen molar-refractivity contribution in [3.8, 4) is 5.82 Å². The predicted octanol–water partition coefficient (Wildman–Crippen LogP) is 5.04. The summed E-state index contributed by atoms with van der Waals surface area (Å²) in [5.41, 5.74) is 7.50. The lowest BCUT2D eigenvalue weighted by Gasteiger charge is -2.12. The van der Waals surface area contributed by atoms with Crippen molar-refractivity contribution >= 4 is 28.5 Å². The summed E-state index contributed by atoms with van der Waals surface area (Å²) in [6.07, 6.45) is -2.25. The lowest BCUT2D eigenvalue weighted by Crippen LogP contribution is -2.08. The van der Waals surface area contributed by atoms with Crippen LogP contribution in [0.25, 0.3) is 16.9 Å². The topological polar surface area (TPSA) is 81.7 Å². The second-order valence-corrected chi connectivity index (χ2v) is 7.24. The Hall–Kier alpha value is -3.62. The van der Waals surface area contributed by atoms with Gasteiger partial charge < -0.3 is 11.1 Å². The molecular formula is C21H17F3N6. The number of fused-ring (bicyclic) bond motifs is 1. The van der Waals surface area contributed by atoms with Crippen LogP contribution in [0.2, 0.25) is 0 Å². The summed E-state index contributed by atoms with van der Waals surface area (Å²) in [7, 11) is 0. The number of hydrogen-bond donors (Lipinski definition) is 2. The molecular weight excluding hydrogens is 393 g/mol. The van der Waals surface area contributed by atoms with E-state index >= 15 is 0 Å². The molecule has 1 fully saturated rings. The second kappa shape index (κ2) is 6.72. The first-order valence-corrected chi connectivity index (χ1v) is 9.45. The molecule has 2 aromatic heterocycles. The number of imidazole rings is 1. The Kier molecular flexibility index (Phi) is 4.12. The molecule has 6 nitrogen and oxygen atoms in total. The minimum atomic E-state index is -4.39. The molecule has 2 heterocycles. The van der Waals surface area contributed by atoms with Gasteiger partial charge in [0.1, 0.15) is 17.5 Å². The van der Waals surface area contributed by atoms with Crippen LogP contribution in [-0.4, -0.2) is 19.5 Å². The normalized spacial score (nSPS) is 14.2. The minimum absolute atomic E-state index is 0.198. The van der Waals surface area contributed by atoms with Crippen LogP contribution in [0.3, 0.4) is 0 Å². The average molecular weight is 410 g/mol. The number of para-hydroxylation sites is 2. The number of nitrogen functional groups attached to an aromatic ring is 1. The Morgan fingerprint density at radius 1 is 0.967 bits per heavy atom. The van der Waals surface area contributed by atoms with E-state index in [-0.39, 0.29) is 11.8 Å². The molecule has 0 bridgehead atoms. The molecule has 152 valence electrons. The van der Waals surface area contributed by atoms with E-state index in [1.54, 1.807) is 6.07 Å². The van der Waals surface area contributed by atoms with Crippen molar-refractivity contribution < 1.29 is 13.2 Å². The SMILES string of the molecule is Nc1cc(-n2c(C3CC3)nc3ccccc32)nc(Nc2ccc(C(F)(F)F)cc2)n1. The minimum Gasteiger partial charge on any atom is -0.383 e. The number of rotatable bonds is 4. The molecule has 1 aliphatic carbocycles. The molecule has 0 radical (unpaired) electrons. The van der Waals surface area contributed by atoms with Crippen molar-refractivity contribution in [1.82, 2.24) is 19.5 Å². The molecule has 0 amide bonds. The van der Waals surface area contributed by atoms with Gasteiger partial charge in [-0.15, -0.1) is 0 Å². The van der Waals surface area contributed by atoms with Crippen LogP contribution in [0, 0.1) is 0 Å². The summed E-state index contributed by atoms with van der Waals surface area (Å²) in [5.74, 6) is 2.31. The smallest absolute Gasteiger partial charge is 0.383 e. The van der Waals surface area contributed by atoms with Crippen molar-refractivity contribution in [3.63, 3.8) is 0 Å². The summed E-state index contributed by atoms with van der Waals surface area (Å²) in [6, 6.07) is 14.1. The Labute approximate surface area is 169 Å². The molecule has 30 heavy (non-hydrogen) atoms. The van der Waals surface area contributed by atoms with Crippen LogP contribution >= 0.6 is 0 Å². The number of aromatic nitrogens is 4. The van der Waals surface area contributed by atoms with E-state index < -0.39 is 11.7 Å². The molecule has 1 aliphatic rings. The van der Waals surface area contributed by atoms with Crippen LogP contribution in [0.5, 0.6) is 0 Å². The number of halogens is 3. The maximum Gasteiger partial charge on any atom is 0.416 e. The van der Waals surface area contributed by atoms with Gasteiger partial charge in [0, 0.05) is 17.7 Å². The third kappa shape index (κ3) is 3.42. The van der Waals surface area contributed by atoms with E-state index in [9.17, 15) is 13.2 Å². The van der Waals surface area contributed by atoms with Crippen LogP contribution in [-0.2, 0) is 6.18 Å². The molecule has 0 atom stereocenters. The molecule has 4 aromatic rings. The number of benzene rings is 2. The van der Waals surface area contributed by atoms with Gasteiger partial charge in [-0.1, -0.05) is 12.1 Å². The Bertz CT molecular complexity index is 1230. The van der Waals surface area contributed by atoms with Crippen LogP contribution in [0.15, 0.2) is 54.6 Å². The van der Waals surface area contributed by atoms with Crippen LogP contribution in [0.1, 0.15) is 30.1 Å². The van der Waals surface area contributed by atoms with Gasteiger partial charge in [0.2, 0.25) is 5.95 Å². The van der Waals surface area contributed by atoms with Crippen molar-refractivity contribution in [2.24, 2.45) is 0 Å². The molecule has 0 spiro atoms. The van der Waals surface area contributed by atoms with E-state index in [2.05, 4.69) is 15.3 Å². The average Bonchev–Trinajstić information content (AvgIpc) is 3.47. The third-order valence-electron chi connectivity index (χ3n) is 4.96. The molecule has 0 saturated heterocycles. The standard InChI is InChI=1S/C21H17F3N6/c22-21(23,24)13-7-9-14(10-8-13)26-20-28-17(25)11-18(29-20)30-16-4-2-1-3-15(16)27-19(30)12-5-6-12/h1-4,7-12H,5-6H2,(H3,25,26,28,29). The van der Waals surface area contributed by atoms with E-state index in [0.717, 1.165) is 41.8 Å². The largest absolute Gasteiger partial charge is 0.416 e. The summed E-state index contributed by atoms with van der Waals surface area (Å²) in [4.78, 5) is 13.5. The van der Waals surface area contributed by atoms with Gasteiger partial charge in [-0.3, -0.25) is 4.57 Å². The summed E-state index contributed by atoms with van der Waals surface area (Å²) < 4.78 is 40.3. The Morgan fingerprint density at radius 3 is 2.40 bits per heavy atom. The second-order valence-electron chi connectivity index (χ2n) is 7.24. The number of anilines is 3. The van der Waals surface area contributed by atoms with E-state index in [1.165, 1.54) is 12.1 Å². The van der Waals surface area contributed by atoms with E-state index in [4.69, 9.17) is 10.7 Å². The number of nitrogens with two attached hydrogens (primary N) is 1. The number of alkyl halides is 3. The zero-order valence-electron chi connectivity index (χ0n) is 15.7. The van der Waals surface area contributed by atoms with Gasteiger partial charge >= 0.3 is 6.18 Å². The fourth-order valence-corrected chi connectivity index (χ4v) is 3.40. The summed E-state index contributed by atoms with van der Waals surface area (Å²) >= 11 is 0. The molecule has 0 unspecified atom stereocenters. The van der Waals surface area contributed by atoms with E-state index in [1.807, 2.05) is 28.8 Å². The molecule has 2 aromatic carbocycles. The highest BCUT2D eigenvalue weighted by Crippen LogP contribution is 2.41. The molecule has 9 heteroatoms. The zero-order chi connectivity index (χ0) is 20.9. The van der Waals surface area contributed by atoms with Gasteiger partial charge in [-0.25, -0.2) is 4.98 Å². The van der Waals surface area contributed by atoms with Crippen molar-refractivity contribution in [1.29, 1.82) is 0 Å². The number of hydrogen-bond acceptors (Lipinski definition) is 5. The quantitative estimate of drug-likeness (QED) is 0.493. The zero-order valence-corrected chi connectivity index (χ0v) is 15.7. The monoisotopic (exact) mass is 410 g/mol. The Balaban J connectivity index is 1.53. The van der Waals surface area contributed by atoms with Gasteiger partial charge in [0.05, 0.1) is 16.6 Å². The first-order chi connectivity index (χ1) is 14.4. The fourth-order valence-electron chi connectivity index (χ4n) is 3.40. The lowest BCUT2D eigenvalue weighted by atomic mass is 10.2. The fraction of sp³-hybridized carbons (Fsp3) is 0.190. The van der Waals surface area contributed by atoms with Gasteiger partial charge in [-0.05, 0) is 49.2 Å². The number of nitrogens with one attached hydrogen (secondary N) is 1. The molecule has 0 aliphatic heterocycles. The van der Waals surface area contributed by atoms with Gasteiger partial charge in [0.15, 0.2) is 0 Å². The highest BCUT2D eigenvalue weighted by Gasteiger charge is 2.31. The van der Waals surface area contributed by atoms with Crippen molar-refractivity contribution in [2.75, 3.05) is 11.1 Å². The lowest BCUT2D eigenvalue weighted by molar-refractivity contribution is -0.137. The highest BCUT2D eigenvalue weighted by atomic mass is 19.4. The molecule has 5 rings (SSSR count). The maximum absolute atomic E-state index is 12.8. The van der Waals surface area contributed by atoms with Crippen LogP contribution < -0.4 is 11.1 Å². The Morgan fingerprint density at radius 2 is 1.70 bits per heavy atom. The highest BCUT2D eigenvalue weighted by molar-refractivity contribution is 5.78. The first-order valence-electron chi connectivity index (χ1n) is 9.45. The van der Waals surface area contributed by atoms with Gasteiger partial charge in [0.25, 0.3) is 0 Å². The maximum atomic E-state index is 12.8. The van der Waals surface area contributed by atoms with E-state index in [0.29, 0.717) is 17.4 Å². The summed E-state index contributed by atoms with van der Waals surface area (Å²) in [5, 5.41) is 2.93. The molecule has 3 N–H and O–H groups in total. The van der Waals surface area contributed by atoms with Crippen molar-refractivity contribution in [2.45, 2.75) is 24.9 Å². The summed E-state index contributed by atoms with van der Waals surface area (Å²) in [6.45, 7) is 0. The third-order valence-corrected chi connectivity index (χ3v) is 4.96. The number of nitrogens with zero attached hydrogens (tertiary/aromatic N) is 4. The van der Waals surface area contributed by atoms with Gasteiger partial charge in [-0.2, -0.15) is 23.1 Å². The molecule has 1 saturated carbocycles. The van der Waals surface area contributed by atoms with Crippen LogP contribution in [0.4, 0.5) is 30.6 Å². The predicted molar refractivity (Wildman–Crippen MR) is 108 cm³/mol.